The average molecular weight is 879 g/mol. The lowest BCUT2D eigenvalue weighted by atomic mass is 9.79. The molecule has 0 aromatic heterocycles. The first-order chi connectivity index (χ1) is 30.8. The molecule has 4 N–H and O–H groups in total. The van der Waals surface area contributed by atoms with Crippen molar-refractivity contribution in [1.82, 2.24) is 0 Å². The van der Waals surface area contributed by atoms with Crippen molar-refractivity contribution in [2.45, 2.75) is 118 Å². The van der Waals surface area contributed by atoms with Crippen LogP contribution in [0.2, 0.25) is 0 Å². The van der Waals surface area contributed by atoms with E-state index in [9.17, 15) is 30.0 Å². The smallest absolute Gasteiger partial charge is 0.337 e. The maximum atomic E-state index is 12.6. The molecule has 0 aliphatic carbocycles. The second-order valence-corrected chi connectivity index (χ2v) is 20.8. The summed E-state index contributed by atoms with van der Waals surface area (Å²) in [6.07, 6.45) is 0.562. The largest absolute Gasteiger partial charge is 0.478 e. The number of aliphatic hydroxyl groups excluding tert-OH is 2. The van der Waals surface area contributed by atoms with Gasteiger partial charge in [0.2, 0.25) is 0 Å². The lowest BCUT2D eigenvalue weighted by Gasteiger charge is -2.25. The van der Waals surface area contributed by atoms with Gasteiger partial charge >= 0.3 is 11.9 Å². The number of rotatable bonds is 6. The van der Waals surface area contributed by atoms with E-state index in [1.807, 2.05) is 24.3 Å². The van der Waals surface area contributed by atoms with Crippen molar-refractivity contribution in [3.05, 3.63) is 174 Å². The Morgan fingerprint density at radius 1 is 0.379 bits per heavy atom. The van der Waals surface area contributed by atoms with E-state index >= 15 is 0 Å². The third-order valence-corrected chi connectivity index (χ3v) is 11.3. The van der Waals surface area contributed by atoms with Crippen LogP contribution in [0.3, 0.4) is 0 Å². The zero-order valence-electron chi connectivity index (χ0n) is 40.5. The standard InChI is InChI=1S/C60H62O6/c1-57(2,3)49-31-41(32-50(37-49)58(4,5)6)15-13-39-17-19-43(45(29-39)25-27-61)21-23-47-35-54(56(65)66)48(36-53(47)55(63)64)24-22-44-20-18-40(30-46(44)26-28-62)14-16-42-33-51(59(7,8)9)38-52(34-42)60(10,11)12/h17-20,29-38,61-62H,25-28H2,1-12H3,(H,63,64)(H,65,66). The Morgan fingerprint density at radius 3 is 0.939 bits per heavy atom. The quantitative estimate of drug-likeness (QED) is 0.126. The summed E-state index contributed by atoms with van der Waals surface area (Å²) in [5, 5.41) is 40.5. The minimum absolute atomic E-state index is 0.00389. The number of benzene rings is 5. The molecule has 6 heteroatoms. The second-order valence-electron chi connectivity index (χ2n) is 20.8. The molecule has 0 heterocycles. The van der Waals surface area contributed by atoms with E-state index in [0.717, 1.165) is 22.3 Å². The molecule has 0 saturated carbocycles. The summed E-state index contributed by atoms with van der Waals surface area (Å²) in [6.45, 7) is 25.9. The van der Waals surface area contributed by atoms with E-state index in [1.165, 1.54) is 34.4 Å². The van der Waals surface area contributed by atoms with Crippen LogP contribution in [-0.2, 0) is 34.5 Å². The highest BCUT2D eigenvalue weighted by atomic mass is 16.4. The van der Waals surface area contributed by atoms with Crippen LogP contribution in [0.1, 0.15) is 182 Å². The molecule has 5 aromatic rings. The van der Waals surface area contributed by atoms with Gasteiger partial charge in [0.1, 0.15) is 0 Å². The van der Waals surface area contributed by atoms with Crippen molar-refractivity contribution in [3.63, 3.8) is 0 Å². The van der Waals surface area contributed by atoms with Crippen LogP contribution in [0.15, 0.2) is 84.9 Å². The Hall–Kier alpha value is -6.80. The normalized spacial score (nSPS) is 11.5. The molecule has 0 spiro atoms. The van der Waals surface area contributed by atoms with Crippen LogP contribution >= 0.6 is 0 Å². The molecular formula is C60H62O6. The Morgan fingerprint density at radius 2 is 0.667 bits per heavy atom. The third-order valence-electron chi connectivity index (χ3n) is 11.3. The second kappa shape index (κ2) is 20.2. The fraction of sp³-hybridized carbons (Fsp3) is 0.333. The van der Waals surface area contributed by atoms with Crippen LogP contribution in [-0.4, -0.2) is 45.6 Å². The maximum Gasteiger partial charge on any atom is 0.337 e. The van der Waals surface area contributed by atoms with Crippen molar-refractivity contribution >= 4 is 11.9 Å². The predicted molar refractivity (Wildman–Crippen MR) is 266 cm³/mol. The van der Waals surface area contributed by atoms with Gasteiger partial charge in [0.25, 0.3) is 0 Å². The summed E-state index contributed by atoms with van der Waals surface area (Å²) in [7, 11) is 0. The molecule has 0 amide bonds. The molecule has 0 atom stereocenters. The van der Waals surface area contributed by atoms with Crippen LogP contribution < -0.4 is 0 Å². The monoisotopic (exact) mass is 878 g/mol. The highest BCUT2D eigenvalue weighted by Gasteiger charge is 2.22. The summed E-state index contributed by atoms with van der Waals surface area (Å²) >= 11 is 0. The van der Waals surface area contributed by atoms with E-state index in [4.69, 9.17) is 0 Å². The molecule has 0 fully saturated rings. The van der Waals surface area contributed by atoms with Crippen LogP contribution in [0, 0.1) is 47.4 Å². The van der Waals surface area contributed by atoms with Gasteiger partial charge in [-0.05, 0) is 141 Å². The van der Waals surface area contributed by atoms with E-state index in [0.29, 0.717) is 22.3 Å². The molecule has 6 nitrogen and oxygen atoms in total. The number of hydrogen-bond donors (Lipinski definition) is 4. The van der Waals surface area contributed by atoms with Gasteiger partial charge in [0, 0.05) is 57.7 Å². The fourth-order valence-electron chi connectivity index (χ4n) is 7.09. The van der Waals surface area contributed by atoms with Crippen LogP contribution in [0.5, 0.6) is 0 Å². The van der Waals surface area contributed by atoms with Crippen molar-refractivity contribution < 1.29 is 30.0 Å². The molecule has 5 aromatic carbocycles. The number of carbonyl (C=O) groups is 2. The van der Waals surface area contributed by atoms with Gasteiger partial charge in [0.05, 0.1) is 11.1 Å². The third kappa shape index (κ3) is 13.2. The topological polar surface area (TPSA) is 115 Å². The highest BCUT2D eigenvalue weighted by molar-refractivity contribution is 5.97. The average Bonchev–Trinajstić information content (AvgIpc) is 3.22. The Labute approximate surface area is 392 Å². The summed E-state index contributed by atoms with van der Waals surface area (Å²) < 4.78 is 0. The van der Waals surface area contributed by atoms with Crippen LogP contribution in [0.25, 0.3) is 0 Å². The highest BCUT2D eigenvalue weighted by Crippen LogP contribution is 2.32. The van der Waals surface area contributed by atoms with E-state index < -0.39 is 11.9 Å². The first kappa shape index (κ1) is 50.2. The summed E-state index contributed by atoms with van der Waals surface area (Å²) in [5.41, 5.74) is 9.96. The fourth-order valence-corrected chi connectivity index (χ4v) is 7.09. The zero-order chi connectivity index (χ0) is 48.8. The van der Waals surface area contributed by atoms with Crippen molar-refractivity contribution in [1.29, 1.82) is 0 Å². The lowest BCUT2D eigenvalue weighted by Crippen LogP contribution is -2.16. The Bertz CT molecular complexity index is 2680. The molecule has 0 unspecified atom stereocenters. The van der Waals surface area contributed by atoms with Gasteiger partial charge in [-0.15, -0.1) is 0 Å². The molecule has 0 saturated heterocycles. The van der Waals surface area contributed by atoms with E-state index in [-0.39, 0.29) is 70.0 Å². The van der Waals surface area contributed by atoms with Crippen molar-refractivity contribution in [2.75, 3.05) is 13.2 Å². The van der Waals surface area contributed by atoms with Crippen molar-refractivity contribution in [3.8, 4) is 47.4 Å². The van der Waals surface area contributed by atoms with E-state index in [2.05, 4.69) is 167 Å². The van der Waals surface area contributed by atoms with Gasteiger partial charge in [-0.3, -0.25) is 0 Å². The molecule has 338 valence electrons. The van der Waals surface area contributed by atoms with E-state index in [1.54, 1.807) is 12.1 Å². The first-order valence-corrected chi connectivity index (χ1v) is 22.3. The molecule has 5 rings (SSSR count). The maximum absolute atomic E-state index is 12.6. The number of hydrogen-bond acceptors (Lipinski definition) is 4. The van der Waals surface area contributed by atoms with Gasteiger partial charge in [-0.25, -0.2) is 9.59 Å². The van der Waals surface area contributed by atoms with Gasteiger partial charge in [0.15, 0.2) is 0 Å². The molecule has 0 aliphatic heterocycles. The number of carboxylic acids is 2. The van der Waals surface area contributed by atoms with Gasteiger partial charge in [-0.2, -0.15) is 0 Å². The number of aliphatic hydroxyl groups is 2. The molecule has 0 bridgehead atoms. The first-order valence-electron chi connectivity index (χ1n) is 22.3. The van der Waals surface area contributed by atoms with Crippen LogP contribution in [0.4, 0.5) is 0 Å². The predicted octanol–water partition coefficient (Wildman–Crippen LogP) is 10.9. The van der Waals surface area contributed by atoms with Gasteiger partial charge < -0.3 is 20.4 Å². The summed E-state index contributed by atoms with van der Waals surface area (Å²) in [5.74, 6) is 22.5. The summed E-state index contributed by atoms with van der Waals surface area (Å²) in [6, 6.07) is 26.4. The van der Waals surface area contributed by atoms with Gasteiger partial charge in [-0.1, -0.05) is 143 Å². The number of aromatic carboxylic acids is 2. The minimum atomic E-state index is -1.29. The minimum Gasteiger partial charge on any atom is -0.478 e. The molecule has 0 radical (unpaired) electrons. The van der Waals surface area contributed by atoms with Crippen molar-refractivity contribution in [2.24, 2.45) is 0 Å². The molecule has 0 aliphatic rings. The lowest BCUT2D eigenvalue weighted by molar-refractivity contribution is 0.0680. The number of carboxylic acid groups (broad SMARTS) is 2. The molecule has 66 heavy (non-hydrogen) atoms. The zero-order valence-corrected chi connectivity index (χ0v) is 40.5. The Balaban J connectivity index is 1.50. The summed E-state index contributed by atoms with van der Waals surface area (Å²) in [4.78, 5) is 25.2. The molecular weight excluding hydrogens is 817 g/mol. The Kier molecular flexibility index (Phi) is 15.3. The SMILES string of the molecule is CC(C)(C)c1cc(C#Cc2ccc(C#Cc3cc(C(=O)O)c(C#Cc4ccc(C#Cc5cc(C(C)(C)C)cc(C(C)(C)C)c5)cc4CCO)cc3C(=O)O)c(CCO)c2)cc(C(C)(C)C)c1.